The Hall–Kier alpha value is -2.28. The molecular formula is C14H16ClN5O2. The quantitative estimate of drug-likeness (QED) is 0.734. The summed E-state index contributed by atoms with van der Waals surface area (Å²) in [5.41, 5.74) is 8.42. The van der Waals surface area contributed by atoms with Crippen LogP contribution in [0.3, 0.4) is 0 Å². The largest absolute Gasteiger partial charge is 0.465 e. The number of piperidine rings is 1. The van der Waals surface area contributed by atoms with E-state index >= 15 is 0 Å². The summed E-state index contributed by atoms with van der Waals surface area (Å²) >= 11 is 5.96. The van der Waals surface area contributed by atoms with Gasteiger partial charge in [-0.1, -0.05) is 11.6 Å². The number of anilines is 2. The van der Waals surface area contributed by atoms with Gasteiger partial charge in [-0.25, -0.2) is 9.78 Å². The van der Waals surface area contributed by atoms with Crippen LogP contribution in [0.15, 0.2) is 18.3 Å². The van der Waals surface area contributed by atoms with E-state index in [2.05, 4.69) is 15.3 Å². The molecule has 1 aliphatic rings. The molecule has 3 heterocycles. The van der Waals surface area contributed by atoms with Crippen LogP contribution in [-0.2, 0) is 0 Å². The summed E-state index contributed by atoms with van der Waals surface area (Å²) in [6, 6.07) is 3.43. The van der Waals surface area contributed by atoms with Gasteiger partial charge in [0.25, 0.3) is 0 Å². The van der Waals surface area contributed by atoms with Crippen LogP contribution in [-0.4, -0.2) is 45.2 Å². The molecule has 7 nitrogen and oxygen atoms in total. The Bertz CT molecular complexity index is 718. The number of carboxylic acid groups (broad SMARTS) is 1. The van der Waals surface area contributed by atoms with E-state index in [-0.39, 0.29) is 6.04 Å². The number of rotatable bonds is 2. The van der Waals surface area contributed by atoms with E-state index in [9.17, 15) is 4.79 Å². The molecule has 2 aromatic heterocycles. The van der Waals surface area contributed by atoms with Gasteiger partial charge in [0.15, 0.2) is 0 Å². The first-order valence-electron chi connectivity index (χ1n) is 7.00. The molecule has 3 rings (SSSR count). The molecule has 0 spiro atoms. The van der Waals surface area contributed by atoms with Crippen LogP contribution in [0.25, 0.3) is 11.0 Å². The van der Waals surface area contributed by atoms with Crippen molar-refractivity contribution in [3.05, 3.63) is 23.5 Å². The first-order chi connectivity index (χ1) is 10.5. The van der Waals surface area contributed by atoms with Crippen molar-refractivity contribution in [3.63, 3.8) is 0 Å². The Balaban J connectivity index is 1.91. The van der Waals surface area contributed by atoms with E-state index in [1.807, 2.05) is 0 Å². The van der Waals surface area contributed by atoms with Crippen LogP contribution in [0.1, 0.15) is 12.8 Å². The van der Waals surface area contributed by atoms with Crippen LogP contribution in [0.5, 0.6) is 0 Å². The number of fused-ring (bicyclic) bond motifs is 1. The fourth-order valence-corrected chi connectivity index (χ4v) is 2.83. The minimum atomic E-state index is -0.903. The fraction of sp³-hybridized carbons (Fsp3) is 0.357. The third-order valence-electron chi connectivity index (χ3n) is 3.75. The van der Waals surface area contributed by atoms with Gasteiger partial charge in [0, 0.05) is 19.1 Å². The second-order valence-corrected chi connectivity index (χ2v) is 5.69. The van der Waals surface area contributed by atoms with E-state index in [1.54, 1.807) is 18.3 Å². The summed E-state index contributed by atoms with van der Waals surface area (Å²) in [6.45, 7) is 0.976. The molecule has 2 aromatic rings. The number of nitrogens with two attached hydrogens (primary N) is 1. The Labute approximate surface area is 132 Å². The third-order valence-corrected chi connectivity index (χ3v) is 3.96. The third kappa shape index (κ3) is 2.85. The summed E-state index contributed by atoms with van der Waals surface area (Å²) in [5.74, 6) is 0. The van der Waals surface area contributed by atoms with Gasteiger partial charge in [-0.3, -0.25) is 4.98 Å². The molecule has 0 saturated carbocycles. The van der Waals surface area contributed by atoms with Crippen molar-refractivity contribution >= 4 is 40.1 Å². The zero-order valence-electron chi connectivity index (χ0n) is 11.8. The minimum Gasteiger partial charge on any atom is -0.465 e. The van der Waals surface area contributed by atoms with Gasteiger partial charge >= 0.3 is 6.09 Å². The minimum absolute atomic E-state index is 0.0152. The number of hydrogen-bond acceptors (Lipinski definition) is 5. The van der Waals surface area contributed by atoms with Crippen molar-refractivity contribution in [1.82, 2.24) is 14.9 Å². The van der Waals surface area contributed by atoms with Gasteiger partial charge in [0.2, 0.25) is 0 Å². The van der Waals surface area contributed by atoms with Crippen LogP contribution in [0, 0.1) is 0 Å². The lowest BCUT2D eigenvalue weighted by molar-refractivity contribution is 0.133. The number of aromatic nitrogens is 2. The van der Waals surface area contributed by atoms with Crippen LogP contribution >= 0.6 is 11.6 Å². The molecule has 1 aliphatic heterocycles. The van der Waals surface area contributed by atoms with E-state index in [4.69, 9.17) is 22.4 Å². The molecule has 116 valence electrons. The predicted octanol–water partition coefficient (Wildman–Crippen LogP) is 2.42. The molecule has 4 N–H and O–H groups in total. The van der Waals surface area contributed by atoms with Gasteiger partial charge < -0.3 is 21.1 Å². The summed E-state index contributed by atoms with van der Waals surface area (Å²) < 4.78 is 0. The van der Waals surface area contributed by atoms with Crippen molar-refractivity contribution in [2.24, 2.45) is 0 Å². The van der Waals surface area contributed by atoms with Gasteiger partial charge in [-0.05, 0) is 25.0 Å². The Morgan fingerprint density at radius 3 is 3.09 bits per heavy atom. The maximum absolute atomic E-state index is 11.1. The number of pyridine rings is 2. The highest BCUT2D eigenvalue weighted by atomic mass is 35.5. The number of nitrogens with zero attached hydrogens (tertiary/aromatic N) is 3. The van der Waals surface area contributed by atoms with E-state index < -0.39 is 6.09 Å². The topological polar surface area (TPSA) is 104 Å². The van der Waals surface area contributed by atoms with Gasteiger partial charge in [-0.2, -0.15) is 0 Å². The summed E-state index contributed by atoms with van der Waals surface area (Å²) in [4.78, 5) is 21.0. The number of amides is 1. The number of likely N-dealkylation sites (tertiary alicyclic amines) is 1. The lowest BCUT2D eigenvalue weighted by Crippen LogP contribution is -2.44. The first-order valence-corrected chi connectivity index (χ1v) is 7.37. The normalized spacial score (nSPS) is 18.4. The van der Waals surface area contributed by atoms with Crippen molar-refractivity contribution < 1.29 is 9.90 Å². The summed E-state index contributed by atoms with van der Waals surface area (Å²) in [5, 5.41) is 12.8. The average Bonchev–Trinajstić information content (AvgIpc) is 2.50. The maximum atomic E-state index is 11.1. The zero-order chi connectivity index (χ0) is 15.7. The SMILES string of the molecule is Nc1cnc2ccc(Cl)nc2c1NC1CCCN(C(=O)O)C1. The molecule has 1 amide bonds. The molecule has 0 aliphatic carbocycles. The second kappa shape index (κ2) is 5.84. The van der Waals surface area contributed by atoms with Crippen molar-refractivity contribution in [2.45, 2.75) is 18.9 Å². The van der Waals surface area contributed by atoms with E-state index in [1.165, 1.54) is 4.90 Å². The second-order valence-electron chi connectivity index (χ2n) is 5.30. The highest BCUT2D eigenvalue weighted by Crippen LogP contribution is 2.29. The van der Waals surface area contributed by atoms with Gasteiger partial charge in [-0.15, -0.1) is 0 Å². The number of hydrogen-bond donors (Lipinski definition) is 3. The lowest BCUT2D eigenvalue weighted by Gasteiger charge is -2.32. The predicted molar refractivity (Wildman–Crippen MR) is 85.2 cm³/mol. The molecule has 1 unspecified atom stereocenters. The molecular weight excluding hydrogens is 306 g/mol. The highest BCUT2D eigenvalue weighted by molar-refractivity contribution is 6.29. The monoisotopic (exact) mass is 321 g/mol. The van der Waals surface area contributed by atoms with E-state index in [0.29, 0.717) is 40.7 Å². The maximum Gasteiger partial charge on any atom is 0.407 e. The fourth-order valence-electron chi connectivity index (χ4n) is 2.68. The van der Waals surface area contributed by atoms with E-state index in [0.717, 1.165) is 12.8 Å². The van der Waals surface area contributed by atoms with Crippen LogP contribution < -0.4 is 11.1 Å². The van der Waals surface area contributed by atoms with Crippen molar-refractivity contribution in [1.29, 1.82) is 0 Å². The average molecular weight is 322 g/mol. The molecule has 0 bridgehead atoms. The van der Waals surface area contributed by atoms with Gasteiger partial charge in [0.05, 0.1) is 23.1 Å². The number of halogens is 1. The van der Waals surface area contributed by atoms with Crippen molar-refractivity contribution in [3.8, 4) is 0 Å². The van der Waals surface area contributed by atoms with Crippen LogP contribution in [0.2, 0.25) is 5.15 Å². The standard InChI is InChI=1S/C14H16ClN5O2/c15-11-4-3-10-13(19-11)12(9(16)6-17-10)18-8-2-1-5-20(7-8)14(21)22/h3-4,6,8H,1-2,5,7,16H2,(H,17,18)(H,21,22). The Morgan fingerprint density at radius 1 is 1.50 bits per heavy atom. The Kier molecular flexibility index (Phi) is 3.89. The number of nitrogens with one attached hydrogen (secondary N) is 1. The van der Waals surface area contributed by atoms with Gasteiger partial charge in [0.1, 0.15) is 10.7 Å². The number of nitrogen functional groups attached to an aromatic ring is 1. The first kappa shape index (κ1) is 14.6. The van der Waals surface area contributed by atoms with Crippen LogP contribution in [0.4, 0.5) is 16.2 Å². The van der Waals surface area contributed by atoms with Crippen molar-refractivity contribution in [2.75, 3.05) is 24.1 Å². The molecule has 1 fully saturated rings. The summed E-state index contributed by atoms with van der Waals surface area (Å²) in [6.07, 6.45) is 2.34. The number of carbonyl (C=O) groups is 1. The molecule has 22 heavy (non-hydrogen) atoms. The Morgan fingerprint density at radius 2 is 2.32 bits per heavy atom. The highest BCUT2D eigenvalue weighted by Gasteiger charge is 2.24. The molecule has 1 saturated heterocycles. The molecule has 0 aromatic carbocycles. The lowest BCUT2D eigenvalue weighted by atomic mass is 10.1. The summed E-state index contributed by atoms with van der Waals surface area (Å²) in [7, 11) is 0. The molecule has 0 radical (unpaired) electrons. The zero-order valence-corrected chi connectivity index (χ0v) is 12.5. The molecule has 1 atom stereocenters. The molecule has 8 heteroatoms. The smallest absolute Gasteiger partial charge is 0.407 e.